The molecule has 2 atom stereocenters. The standard InChI is InChI=1S/C26H26F2N6O5.C10H8F5NO2/c1-13(2)30-14-9-18(27)21(19(28)10-14)23(35)31-20(25(37)38)11-15-5-6-16(22-29-7-8-34(15)22)17-12-32(3)26(39)33(4)24(17)36;1-4(10(13,14)15)16-5-2-6(11)8(9(17)18)7(12)3-5/h5-10,12-13,20,30H,11H2,1-4H3,(H,31,35)(H,37,38);2-4,16H,1H3,(H,17,18)/t20-;4-/m01/s1. The maximum Gasteiger partial charge on any atom is 0.408 e. The first-order valence-corrected chi connectivity index (χ1v) is 16.6. The molecule has 21 heteroatoms. The molecule has 2 aromatic carbocycles. The number of aliphatic carboxylic acids is 1. The van der Waals surface area contributed by atoms with E-state index in [1.165, 1.54) is 35.5 Å². The molecule has 0 fully saturated rings. The van der Waals surface area contributed by atoms with Crippen LogP contribution in [0.25, 0.3) is 16.8 Å². The van der Waals surface area contributed by atoms with Crippen molar-refractivity contribution in [3.05, 3.63) is 116 Å². The van der Waals surface area contributed by atoms with Crippen molar-refractivity contribution >= 4 is 34.9 Å². The lowest BCUT2D eigenvalue weighted by Crippen LogP contribution is -2.43. The van der Waals surface area contributed by atoms with Crippen molar-refractivity contribution in [1.82, 2.24) is 23.8 Å². The van der Waals surface area contributed by atoms with Gasteiger partial charge in [0.2, 0.25) is 0 Å². The van der Waals surface area contributed by atoms with Crippen LogP contribution in [-0.4, -0.2) is 70.9 Å². The molecule has 304 valence electrons. The van der Waals surface area contributed by atoms with Gasteiger partial charge in [0.05, 0.1) is 5.56 Å². The number of amides is 1. The fourth-order valence-electron chi connectivity index (χ4n) is 5.48. The van der Waals surface area contributed by atoms with Gasteiger partial charge in [-0.3, -0.25) is 14.2 Å². The van der Waals surface area contributed by atoms with Crippen LogP contribution < -0.4 is 27.2 Å². The van der Waals surface area contributed by atoms with Gasteiger partial charge >= 0.3 is 23.8 Å². The Morgan fingerprint density at radius 2 is 1.37 bits per heavy atom. The second kappa shape index (κ2) is 17.0. The smallest absolute Gasteiger partial charge is 0.408 e. The van der Waals surface area contributed by atoms with Crippen LogP contribution >= 0.6 is 0 Å². The number of alkyl halides is 3. The summed E-state index contributed by atoms with van der Waals surface area (Å²) in [5.74, 6) is -9.65. The van der Waals surface area contributed by atoms with Gasteiger partial charge in [-0.2, -0.15) is 13.2 Å². The SMILES string of the molecule is CC(C)Nc1cc(F)c(C(=O)N[C@@H](Cc2ccc(-c3cn(C)c(=O)n(C)c3=O)c3nccn23)C(=O)O)c(F)c1.C[C@@H](Nc1cc(F)c(C(=O)O)c(F)c1)C(F)(F)F. The second-order valence-electron chi connectivity index (χ2n) is 12.9. The number of carbonyl (C=O) groups is 3. The molecule has 5 N–H and O–H groups in total. The highest BCUT2D eigenvalue weighted by Gasteiger charge is 2.36. The number of aromatic carboxylic acids is 1. The number of rotatable bonds is 11. The van der Waals surface area contributed by atoms with Gasteiger partial charge in [-0.1, -0.05) is 0 Å². The molecule has 5 rings (SSSR count). The summed E-state index contributed by atoms with van der Waals surface area (Å²) < 4.78 is 95.9. The van der Waals surface area contributed by atoms with Crippen LogP contribution in [0.2, 0.25) is 0 Å². The monoisotopic (exact) mass is 809 g/mol. The highest BCUT2D eigenvalue weighted by atomic mass is 19.4. The molecule has 3 heterocycles. The summed E-state index contributed by atoms with van der Waals surface area (Å²) in [5.41, 5.74) is -2.20. The average molecular weight is 810 g/mol. The lowest BCUT2D eigenvalue weighted by Gasteiger charge is -2.18. The third kappa shape index (κ3) is 9.77. The van der Waals surface area contributed by atoms with Crippen molar-refractivity contribution in [1.29, 1.82) is 0 Å². The van der Waals surface area contributed by atoms with Gasteiger partial charge in [-0.25, -0.2) is 36.9 Å². The number of halogens is 7. The molecule has 0 aliphatic heterocycles. The van der Waals surface area contributed by atoms with E-state index < -0.39 is 87.4 Å². The van der Waals surface area contributed by atoms with Crippen molar-refractivity contribution < 1.29 is 55.3 Å². The zero-order chi connectivity index (χ0) is 42.7. The van der Waals surface area contributed by atoms with Gasteiger partial charge in [0.1, 0.15) is 52.1 Å². The molecule has 0 aliphatic carbocycles. The number of carboxylic acids is 2. The number of imidazole rings is 1. The fourth-order valence-corrected chi connectivity index (χ4v) is 5.48. The predicted molar refractivity (Wildman–Crippen MR) is 191 cm³/mol. The number of nitrogens with zero attached hydrogens (tertiary/aromatic N) is 4. The van der Waals surface area contributed by atoms with Crippen molar-refractivity contribution in [2.24, 2.45) is 14.1 Å². The molecule has 0 aliphatic rings. The molecule has 1 amide bonds. The number of nitrogens with one attached hydrogen (secondary N) is 3. The molecule has 57 heavy (non-hydrogen) atoms. The number of fused-ring (bicyclic) bond motifs is 1. The first-order valence-electron chi connectivity index (χ1n) is 16.6. The van der Waals surface area contributed by atoms with Gasteiger partial charge in [0, 0.05) is 67.8 Å². The van der Waals surface area contributed by atoms with E-state index in [-0.39, 0.29) is 23.7 Å². The summed E-state index contributed by atoms with van der Waals surface area (Å²) in [6.45, 7) is 4.32. The molecule has 0 saturated heterocycles. The molecule has 0 radical (unpaired) electrons. The quantitative estimate of drug-likeness (QED) is 0.114. The number of pyridine rings is 1. The average Bonchev–Trinajstić information content (AvgIpc) is 3.58. The maximum atomic E-state index is 14.6. The minimum atomic E-state index is -4.58. The van der Waals surface area contributed by atoms with E-state index in [9.17, 15) is 59.8 Å². The normalized spacial score (nSPS) is 12.4. The van der Waals surface area contributed by atoms with Gasteiger partial charge in [0.15, 0.2) is 0 Å². The number of hydrogen-bond acceptors (Lipinski definition) is 8. The summed E-state index contributed by atoms with van der Waals surface area (Å²) in [6.07, 6.45) is -0.477. The summed E-state index contributed by atoms with van der Waals surface area (Å²) in [7, 11) is 2.86. The van der Waals surface area contributed by atoms with E-state index in [4.69, 9.17) is 5.11 Å². The number of carboxylic acid groups (broad SMARTS) is 2. The Labute approximate surface area is 317 Å². The Morgan fingerprint density at radius 1 is 0.825 bits per heavy atom. The lowest BCUT2D eigenvalue weighted by atomic mass is 10.1. The minimum Gasteiger partial charge on any atom is -0.480 e. The van der Waals surface area contributed by atoms with E-state index in [1.54, 1.807) is 32.2 Å². The first-order chi connectivity index (χ1) is 26.5. The van der Waals surface area contributed by atoms with Crippen LogP contribution in [0, 0.1) is 23.3 Å². The van der Waals surface area contributed by atoms with Crippen LogP contribution in [-0.2, 0) is 25.3 Å². The number of aromatic nitrogens is 4. The van der Waals surface area contributed by atoms with Gasteiger partial charge in [-0.05, 0) is 57.2 Å². The molecule has 0 unspecified atom stereocenters. The highest BCUT2D eigenvalue weighted by Crippen LogP contribution is 2.26. The van der Waals surface area contributed by atoms with Crippen molar-refractivity contribution in [2.45, 2.75) is 51.5 Å². The second-order valence-corrected chi connectivity index (χ2v) is 12.9. The van der Waals surface area contributed by atoms with Crippen LogP contribution in [0.3, 0.4) is 0 Å². The molecular weight excluding hydrogens is 775 g/mol. The van der Waals surface area contributed by atoms with Gasteiger partial charge in [-0.15, -0.1) is 0 Å². The molecule has 3 aromatic heterocycles. The number of anilines is 2. The topological polar surface area (TPSA) is 189 Å². The van der Waals surface area contributed by atoms with Crippen LogP contribution in [0.4, 0.5) is 42.1 Å². The number of carbonyl (C=O) groups excluding carboxylic acids is 1. The molecular formula is C36H34F7N7O7. The maximum absolute atomic E-state index is 14.6. The van der Waals surface area contributed by atoms with E-state index in [0.717, 1.165) is 23.6 Å². The summed E-state index contributed by atoms with van der Waals surface area (Å²) in [4.78, 5) is 64.3. The Kier molecular flexibility index (Phi) is 12.8. The highest BCUT2D eigenvalue weighted by molar-refractivity contribution is 5.97. The molecule has 0 bridgehead atoms. The third-order valence-electron chi connectivity index (χ3n) is 8.24. The van der Waals surface area contributed by atoms with Crippen LogP contribution in [0.5, 0.6) is 0 Å². The van der Waals surface area contributed by atoms with Crippen molar-refractivity contribution in [3.8, 4) is 11.1 Å². The van der Waals surface area contributed by atoms with E-state index in [2.05, 4.69) is 15.6 Å². The first kappa shape index (κ1) is 43.1. The molecule has 0 spiro atoms. The Hall–Kier alpha value is -6.67. The number of aryl methyl sites for hydroxylation is 1. The summed E-state index contributed by atoms with van der Waals surface area (Å²) in [5, 5.41) is 25.1. The Balaban J connectivity index is 0.000000335. The largest absolute Gasteiger partial charge is 0.480 e. The van der Waals surface area contributed by atoms with Crippen LogP contribution in [0.15, 0.2) is 64.6 Å². The van der Waals surface area contributed by atoms with Crippen LogP contribution in [0.1, 0.15) is 47.2 Å². The number of hydrogen-bond donors (Lipinski definition) is 5. The Bertz CT molecular complexity index is 2430. The number of benzene rings is 2. The summed E-state index contributed by atoms with van der Waals surface area (Å²) in [6, 6.07) is 2.34. The molecule has 0 saturated carbocycles. The molecule has 14 nitrogen and oxygen atoms in total. The van der Waals surface area contributed by atoms with Gasteiger partial charge in [0.25, 0.3) is 11.5 Å². The summed E-state index contributed by atoms with van der Waals surface area (Å²) >= 11 is 0. The Morgan fingerprint density at radius 3 is 1.88 bits per heavy atom. The van der Waals surface area contributed by atoms with Gasteiger partial charge < -0.3 is 35.1 Å². The van der Waals surface area contributed by atoms with Crippen molar-refractivity contribution in [3.63, 3.8) is 0 Å². The molecule has 5 aromatic rings. The predicted octanol–water partition coefficient (Wildman–Crippen LogP) is 4.95. The van der Waals surface area contributed by atoms with E-state index in [1.807, 2.05) is 5.32 Å². The zero-order valence-electron chi connectivity index (χ0n) is 30.5. The zero-order valence-corrected chi connectivity index (χ0v) is 30.5. The van der Waals surface area contributed by atoms with E-state index >= 15 is 0 Å². The third-order valence-corrected chi connectivity index (χ3v) is 8.24. The lowest BCUT2D eigenvalue weighted by molar-refractivity contribution is -0.139. The minimum absolute atomic E-state index is 0.108. The van der Waals surface area contributed by atoms with E-state index in [0.29, 0.717) is 29.0 Å². The fraction of sp³-hybridized carbons (Fsp3) is 0.278. The van der Waals surface area contributed by atoms with Crippen molar-refractivity contribution in [2.75, 3.05) is 10.6 Å².